The van der Waals surface area contributed by atoms with E-state index in [0.717, 1.165) is 27.6 Å². The van der Waals surface area contributed by atoms with Crippen molar-refractivity contribution in [1.82, 2.24) is 0 Å². The summed E-state index contributed by atoms with van der Waals surface area (Å²) in [5, 5.41) is 2.79. The number of rotatable bonds is 4. The molecule has 2 aromatic carbocycles. The molecular formula is C22H20N2O3S. The molecule has 2 heterocycles. The van der Waals surface area contributed by atoms with E-state index in [-0.39, 0.29) is 30.0 Å². The number of fused-ring (bicyclic) bond motifs is 1. The molecule has 0 spiro atoms. The van der Waals surface area contributed by atoms with E-state index in [0.29, 0.717) is 0 Å². The van der Waals surface area contributed by atoms with Gasteiger partial charge in [0.1, 0.15) is 12.3 Å². The van der Waals surface area contributed by atoms with Gasteiger partial charge in [-0.1, -0.05) is 30.3 Å². The number of nitrogens with zero attached hydrogens (tertiary/aromatic N) is 1. The number of aryl methyl sites for hydroxylation is 1. The van der Waals surface area contributed by atoms with Gasteiger partial charge in [0.25, 0.3) is 0 Å². The summed E-state index contributed by atoms with van der Waals surface area (Å²) in [5.74, 6) is 0.442. The molecule has 0 bridgehead atoms. The Labute approximate surface area is 167 Å². The minimum absolute atomic E-state index is 0.0321. The highest BCUT2D eigenvalue weighted by molar-refractivity contribution is 7.99. The van der Waals surface area contributed by atoms with Gasteiger partial charge < -0.3 is 14.6 Å². The third-order valence-corrected chi connectivity index (χ3v) is 5.95. The van der Waals surface area contributed by atoms with E-state index in [4.69, 9.17) is 4.42 Å². The molecule has 1 aliphatic heterocycles. The number of carbonyl (C=O) groups is 2. The average molecular weight is 392 g/mol. The summed E-state index contributed by atoms with van der Waals surface area (Å²) in [6.07, 6.45) is 1.88. The zero-order chi connectivity index (χ0) is 19.5. The van der Waals surface area contributed by atoms with Crippen LogP contribution in [0.3, 0.4) is 0 Å². The standard InChI is InChI=1S/C22H20N2O3S/c1-15-7-2-3-8-16(15)23-21(25)14-24-17-9-4-5-11-19(17)28-20(13-22(24)26)18-10-6-12-27-18/h2-12,20H,13-14H2,1H3,(H,23,25)/t20-/m1/s1. The van der Waals surface area contributed by atoms with Crippen LogP contribution in [-0.4, -0.2) is 18.4 Å². The van der Waals surface area contributed by atoms with Gasteiger partial charge in [-0.25, -0.2) is 0 Å². The van der Waals surface area contributed by atoms with Crippen LogP contribution in [0.5, 0.6) is 0 Å². The van der Waals surface area contributed by atoms with Gasteiger partial charge in [0.2, 0.25) is 11.8 Å². The number of amides is 2. The Morgan fingerprint density at radius 3 is 2.71 bits per heavy atom. The number of thioether (sulfide) groups is 1. The molecular weight excluding hydrogens is 372 g/mol. The summed E-state index contributed by atoms with van der Waals surface area (Å²) >= 11 is 1.59. The summed E-state index contributed by atoms with van der Waals surface area (Å²) in [7, 11) is 0. The van der Waals surface area contributed by atoms with Crippen LogP contribution in [-0.2, 0) is 9.59 Å². The molecule has 6 heteroatoms. The predicted octanol–water partition coefficient (Wildman–Crippen LogP) is 4.80. The molecule has 0 saturated carbocycles. The smallest absolute Gasteiger partial charge is 0.244 e. The second-order valence-corrected chi connectivity index (χ2v) is 7.88. The highest BCUT2D eigenvalue weighted by atomic mass is 32.2. The van der Waals surface area contributed by atoms with Gasteiger partial charge in [0.15, 0.2) is 0 Å². The minimum atomic E-state index is -0.223. The van der Waals surface area contributed by atoms with Crippen molar-refractivity contribution in [1.29, 1.82) is 0 Å². The monoisotopic (exact) mass is 392 g/mol. The van der Waals surface area contributed by atoms with Crippen LogP contribution in [0.4, 0.5) is 11.4 Å². The second kappa shape index (κ2) is 7.94. The fourth-order valence-corrected chi connectivity index (χ4v) is 4.47. The Bertz CT molecular complexity index is 1000. The fourth-order valence-electron chi connectivity index (χ4n) is 3.23. The van der Waals surface area contributed by atoms with Crippen molar-refractivity contribution in [3.8, 4) is 0 Å². The summed E-state index contributed by atoms with van der Waals surface area (Å²) in [6, 6.07) is 19.0. The van der Waals surface area contributed by atoms with E-state index in [1.165, 1.54) is 0 Å². The van der Waals surface area contributed by atoms with E-state index in [1.807, 2.05) is 67.6 Å². The van der Waals surface area contributed by atoms with Crippen LogP contribution in [0.1, 0.15) is 23.0 Å². The maximum absolute atomic E-state index is 13.0. The van der Waals surface area contributed by atoms with E-state index in [2.05, 4.69) is 5.32 Å². The predicted molar refractivity (Wildman–Crippen MR) is 111 cm³/mol. The SMILES string of the molecule is Cc1ccccc1NC(=O)CN1C(=O)C[C@H](c2ccco2)Sc2ccccc21. The molecule has 3 aromatic rings. The number of nitrogens with one attached hydrogen (secondary N) is 1. The van der Waals surface area contributed by atoms with Gasteiger partial charge >= 0.3 is 0 Å². The van der Waals surface area contributed by atoms with E-state index >= 15 is 0 Å². The van der Waals surface area contributed by atoms with E-state index < -0.39 is 0 Å². The first-order chi connectivity index (χ1) is 13.6. The maximum Gasteiger partial charge on any atom is 0.244 e. The van der Waals surface area contributed by atoms with Gasteiger partial charge in [-0.15, -0.1) is 11.8 Å². The molecule has 2 amide bonds. The lowest BCUT2D eigenvalue weighted by Crippen LogP contribution is -2.38. The van der Waals surface area contributed by atoms with Crippen LogP contribution >= 0.6 is 11.8 Å². The molecule has 28 heavy (non-hydrogen) atoms. The van der Waals surface area contributed by atoms with Gasteiger partial charge in [-0.05, 0) is 42.8 Å². The Balaban J connectivity index is 1.59. The Hall–Kier alpha value is -2.99. The number of anilines is 2. The lowest BCUT2D eigenvalue weighted by molar-refractivity contribution is -0.121. The van der Waals surface area contributed by atoms with Gasteiger partial charge in [-0.2, -0.15) is 0 Å². The molecule has 1 N–H and O–H groups in total. The van der Waals surface area contributed by atoms with Gasteiger partial charge in [0, 0.05) is 17.0 Å². The number of carbonyl (C=O) groups excluding carboxylic acids is 2. The molecule has 0 aliphatic carbocycles. The zero-order valence-corrected chi connectivity index (χ0v) is 16.2. The quantitative estimate of drug-likeness (QED) is 0.693. The van der Waals surface area contributed by atoms with E-state index in [1.54, 1.807) is 22.9 Å². The molecule has 0 unspecified atom stereocenters. The van der Waals surface area contributed by atoms with Crippen LogP contribution in [0.2, 0.25) is 0 Å². The maximum atomic E-state index is 13.0. The van der Waals surface area contributed by atoms with E-state index in [9.17, 15) is 9.59 Å². The van der Waals surface area contributed by atoms with Gasteiger partial charge in [0.05, 0.1) is 17.2 Å². The molecule has 0 radical (unpaired) electrons. The second-order valence-electron chi connectivity index (χ2n) is 6.64. The largest absolute Gasteiger partial charge is 0.468 e. The zero-order valence-electron chi connectivity index (χ0n) is 15.4. The molecule has 5 nitrogen and oxygen atoms in total. The van der Waals surface area contributed by atoms with Crippen LogP contribution in [0.15, 0.2) is 76.2 Å². The molecule has 1 aromatic heterocycles. The summed E-state index contributed by atoms with van der Waals surface area (Å²) in [6.45, 7) is 1.90. The van der Waals surface area contributed by atoms with Crippen molar-refractivity contribution in [3.05, 3.63) is 78.3 Å². The lowest BCUT2D eigenvalue weighted by atomic mass is 10.2. The highest BCUT2D eigenvalue weighted by Gasteiger charge is 2.31. The van der Waals surface area contributed by atoms with Crippen molar-refractivity contribution in [2.45, 2.75) is 23.5 Å². The van der Waals surface area contributed by atoms with Crippen molar-refractivity contribution >= 4 is 35.0 Å². The third kappa shape index (κ3) is 3.82. The Kier molecular flexibility index (Phi) is 5.21. The number of hydrogen-bond donors (Lipinski definition) is 1. The lowest BCUT2D eigenvalue weighted by Gasteiger charge is -2.22. The first kappa shape index (κ1) is 18.4. The normalized spacial score (nSPS) is 16.4. The number of para-hydroxylation sites is 2. The molecule has 0 saturated heterocycles. The van der Waals surface area contributed by atoms with Crippen molar-refractivity contribution in [2.24, 2.45) is 0 Å². The van der Waals surface area contributed by atoms with Crippen LogP contribution < -0.4 is 10.2 Å². The molecule has 1 atom stereocenters. The van der Waals surface area contributed by atoms with Crippen molar-refractivity contribution in [2.75, 3.05) is 16.8 Å². The Morgan fingerprint density at radius 1 is 1.14 bits per heavy atom. The van der Waals surface area contributed by atoms with Crippen LogP contribution in [0.25, 0.3) is 0 Å². The minimum Gasteiger partial charge on any atom is -0.468 e. The summed E-state index contributed by atoms with van der Waals surface area (Å²) < 4.78 is 5.53. The summed E-state index contributed by atoms with van der Waals surface area (Å²) in [5.41, 5.74) is 2.49. The first-order valence-electron chi connectivity index (χ1n) is 9.07. The number of benzene rings is 2. The molecule has 4 rings (SSSR count). The van der Waals surface area contributed by atoms with Gasteiger partial charge in [-0.3, -0.25) is 9.59 Å². The molecule has 0 fully saturated rings. The third-order valence-electron chi connectivity index (χ3n) is 4.67. The number of furan rings is 1. The first-order valence-corrected chi connectivity index (χ1v) is 9.95. The summed E-state index contributed by atoms with van der Waals surface area (Å²) in [4.78, 5) is 28.2. The van der Waals surface area contributed by atoms with Crippen LogP contribution in [0, 0.1) is 6.92 Å². The number of hydrogen-bond acceptors (Lipinski definition) is 4. The highest BCUT2D eigenvalue weighted by Crippen LogP contribution is 2.45. The van der Waals surface area contributed by atoms with Crippen molar-refractivity contribution in [3.63, 3.8) is 0 Å². The average Bonchev–Trinajstić information content (AvgIpc) is 3.18. The van der Waals surface area contributed by atoms with Crippen molar-refractivity contribution < 1.29 is 14.0 Å². The molecule has 1 aliphatic rings. The fraction of sp³-hybridized carbons (Fsp3) is 0.182. The molecule has 142 valence electrons. The topological polar surface area (TPSA) is 62.6 Å². The Morgan fingerprint density at radius 2 is 1.93 bits per heavy atom.